The lowest BCUT2D eigenvalue weighted by molar-refractivity contribution is 0.413. The number of benzene rings is 2. The zero-order chi connectivity index (χ0) is 15.1. The summed E-state index contributed by atoms with van der Waals surface area (Å²) in [6.45, 7) is 1.94. The summed E-state index contributed by atoms with van der Waals surface area (Å²) in [6.07, 6.45) is 0. The van der Waals surface area contributed by atoms with Gasteiger partial charge in [0, 0.05) is 15.6 Å². The highest BCUT2D eigenvalue weighted by molar-refractivity contribution is 9.10. The number of nitrogens with two attached hydrogens (primary N) is 1. The van der Waals surface area contributed by atoms with E-state index in [2.05, 4.69) is 20.9 Å². The molecule has 0 aliphatic rings. The van der Waals surface area contributed by atoms with E-state index in [1.807, 2.05) is 35.8 Å². The number of methoxy groups -OCH3 is 1. The van der Waals surface area contributed by atoms with Crippen molar-refractivity contribution in [2.75, 3.05) is 12.8 Å². The number of fused-ring (bicyclic) bond motifs is 1. The Morgan fingerprint density at radius 2 is 2.05 bits per heavy atom. The first-order valence-electron chi connectivity index (χ1n) is 6.29. The van der Waals surface area contributed by atoms with Gasteiger partial charge in [-0.25, -0.2) is 4.98 Å². The molecule has 0 fully saturated rings. The first kappa shape index (κ1) is 14.2. The molecule has 2 aromatic carbocycles. The Labute approximate surface area is 135 Å². The van der Waals surface area contributed by atoms with Crippen LogP contribution in [-0.4, -0.2) is 16.7 Å². The summed E-state index contributed by atoms with van der Waals surface area (Å²) < 4.78 is 8.26. The number of hydrogen-bond donors (Lipinski definition) is 1. The van der Waals surface area contributed by atoms with E-state index < -0.39 is 0 Å². The summed E-state index contributed by atoms with van der Waals surface area (Å²) in [5.41, 5.74) is 9.59. The molecule has 21 heavy (non-hydrogen) atoms. The summed E-state index contributed by atoms with van der Waals surface area (Å²) in [5.74, 6) is 1.06. The molecule has 2 N–H and O–H groups in total. The van der Waals surface area contributed by atoms with E-state index in [0.717, 1.165) is 26.8 Å². The molecule has 0 unspecified atom stereocenters. The Hall–Kier alpha value is -1.72. The van der Waals surface area contributed by atoms with Crippen molar-refractivity contribution in [2.45, 2.75) is 6.92 Å². The van der Waals surface area contributed by atoms with Crippen LogP contribution in [0.25, 0.3) is 16.7 Å². The quantitative estimate of drug-likeness (QED) is 0.734. The average molecular weight is 367 g/mol. The molecule has 0 bridgehead atoms. The van der Waals surface area contributed by atoms with Crippen molar-refractivity contribution in [3.8, 4) is 11.4 Å². The largest absolute Gasteiger partial charge is 0.495 e. The molecule has 3 aromatic rings. The van der Waals surface area contributed by atoms with Crippen molar-refractivity contribution in [1.82, 2.24) is 9.55 Å². The third-order valence-electron chi connectivity index (χ3n) is 3.34. The average Bonchev–Trinajstić information content (AvgIpc) is 2.76. The van der Waals surface area contributed by atoms with Gasteiger partial charge in [-0.15, -0.1) is 0 Å². The number of aryl methyl sites for hydroxylation is 1. The molecular formula is C15H13BrClN3O. The molecule has 0 aliphatic heterocycles. The minimum atomic E-state index is 0.406. The zero-order valence-electron chi connectivity index (χ0n) is 11.5. The van der Waals surface area contributed by atoms with E-state index in [9.17, 15) is 0 Å². The van der Waals surface area contributed by atoms with Gasteiger partial charge in [0.15, 0.2) is 0 Å². The number of ether oxygens (including phenoxy) is 1. The van der Waals surface area contributed by atoms with Crippen LogP contribution in [0.2, 0.25) is 5.02 Å². The van der Waals surface area contributed by atoms with Crippen LogP contribution in [0.5, 0.6) is 5.75 Å². The Morgan fingerprint density at radius 3 is 2.76 bits per heavy atom. The summed E-state index contributed by atoms with van der Waals surface area (Å²) in [7, 11) is 1.61. The fraction of sp³-hybridized carbons (Fsp3) is 0.133. The molecule has 0 spiro atoms. The summed E-state index contributed by atoms with van der Waals surface area (Å²) in [4.78, 5) is 4.40. The lowest BCUT2D eigenvalue weighted by atomic mass is 10.2. The molecule has 0 aliphatic carbocycles. The monoisotopic (exact) mass is 365 g/mol. The molecule has 0 saturated heterocycles. The molecular weight excluding hydrogens is 354 g/mol. The highest BCUT2D eigenvalue weighted by atomic mass is 79.9. The van der Waals surface area contributed by atoms with E-state index in [4.69, 9.17) is 22.1 Å². The number of halogens is 2. The van der Waals surface area contributed by atoms with Gasteiger partial charge in [0.25, 0.3) is 0 Å². The second-order valence-electron chi connectivity index (χ2n) is 4.71. The van der Waals surface area contributed by atoms with E-state index in [0.29, 0.717) is 16.7 Å². The predicted octanol–water partition coefficient (Wildman–Crippen LogP) is 4.34. The SMILES string of the molecule is COc1cc(Cl)c(C)cc1-n1c(N)nc2cc(Br)ccc21. The Morgan fingerprint density at radius 1 is 1.29 bits per heavy atom. The van der Waals surface area contributed by atoms with Crippen LogP contribution in [0.3, 0.4) is 0 Å². The standard InChI is InChI=1S/C15H13BrClN3O/c1-8-5-13(14(21-2)7-10(8)17)20-12-4-3-9(16)6-11(12)19-15(20)18/h3-7H,1-2H3,(H2,18,19). The lowest BCUT2D eigenvalue weighted by Gasteiger charge is -2.13. The maximum atomic E-state index is 6.16. The van der Waals surface area contributed by atoms with Crippen molar-refractivity contribution in [2.24, 2.45) is 0 Å². The molecule has 0 amide bonds. The van der Waals surface area contributed by atoms with Gasteiger partial charge in [-0.2, -0.15) is 0 Å². The van der Waals surface area contributed by atoms with Crippen molar-refractivity contribution < 1.29 is 4.74 Å². The fourth-order valence-corrected chi connectivity index (χ4v) is 2.81. The first-order valence-corrected chi connectivity index (χ1v) is 7.46. The molecule has 0 radical (unpaired) electrons. The third kappa shape index (κ3) is 2.36. The third-order valence-corrected chi connectivity index (χ3v) is 4.24. The summed E-state index contributed by atoms with van der Waals surface area (Å²) in [6, 6.07) is 9.58. The number of nitrogens with zero attached hydrogens (tertiary/aromatic N) is 2. The number of hydrogen-bond acceptors (Lipinski definition) is 3. The van der Waals surface area contributed by atoms with Gasteiger partial charge < -0.3 is 10.5 Å². The minimum absolute atomic E-state index is 0.406. The van der Waals surface area contributed by atoms with Crippen molar-refractivity contribution in [1.29, 1.82) is 0 Å². The van der Waals surface area contributed by atoms with Crippen LogP contribution < -0.4 is 10.5 Å². The zero-order valence-corrected chi connectivity index (χ0v) is 13.9. The van der Waals surface area contributed by atoms with Gasteiger partial charge >= 0.3 is 0 Å². The lowest BCUT2D eigenvalue weighted by Crippen LogP contribution is -2.03. The van der Waals surface area contributed by atoms with Crippen molar-refractivity contribution in [3.05, 3.63) is 45.4 Å². The minimum Gasteiger partial charge on any atom is -0.495 e. The van der Waals surface area contributed by atoms with E-state index in [1.54, 1.807) is 13.2 Å². The number of aromatic nitrogens is 2. The van der Waals surface area contributed by atoms with Crippen LogP contribution in [0.1, 0.15) is 5.56 Å². The summed E-state index contributed by atoms with van der Waals surface area (Å²) in [5, 5.41) is 0.654. The van der Waals surface area contributed by atoms with Gasteiger partial charge in [-0.1, -0.05) is 27.5 Å². The van der Waals surface area contributed by atoms with Crippen LogP contribution in [-0.2, 0) is 0 Å². The number of imidazole rings is 1. The van der Waals surface area contributed by atoms with Gasteiger partial charge in [0.2, 0.25) is 5.95 Å². The van der Waals surface area contributed by atoms with Crippen molar-refractivity contribution in [3.63, 3.8) is 0 Å². The maximum absolute atomic E-state index is 6.16. The van der Waals surface area contributed by atoms with E-state index >= 15 is 0 Å². The fourth-order valence-electron chi connectivity index (χ4n) is 2.31. The molecule has 6 heteroatoms. The Bertz CT molecular complexity index is 845. The summed E-state index contributed by atoms with van der Waals surface area (Å²) >= 11 is 9.60. The number of rotatable bonds is 2. The molecule has 108 valence electrons. The Kier molecular flexibility index (Phi) is 3.55. The molecule has 1 heterocycles. The number of nitrogen functional groups attached to an aromatic ring is 1. The smallest absolute Gasteiger partial charge is 0.206 e. The van der Waals surface area contributed by atoms with Crippen LogP contribution in [0.4, 0.5) is 5.95 Å². The van der Waals surface area contributed by atoms with Gasteiger partial charge in [-0.3, -0.25) is 4.57 Å². The second kappa shape index (κ2) is 5.24. The van der Waals surface area contributed by atoms with Crippen molar-refractivity contribution >= 4 is 44.5 Å². The highest BCUT2D eigenvalue weighted by Gasteiger charge is 2.15. The van der Waals surface area contributed by atoms with Gasteiger partial charge in [0.05, 0.1) is 23.8 Å². The maximum Gasteiger partial charge on any atom is 0.206 e. The highest BCUT2D eigenvalue weighted by Crippen LogP contribution is 2.34. The van der Waals surface area contributed by atoms with Gasteiger partial charge in [-0.05, 0) is 36.8 Å². The topological polar surface area (TPSA) is 53.1 Å². The molecule has 1 aromatic heterocycles. The van der Waals surface area contributed by atoms with Crippen LogP contribution in [0, 0.1) is 6.92 Å². The molecule has 0 saturated carbocycles. The normalized spacial score (nSPS) is 11.0. The Balaban J connectivity index is 2.35. The number of anilines is 1. The molecule has 3 rings (SSSR count). The molecule has 4 nitrogen and oxygen atoms in total. The second-order valence-corrected chi connectivity index (χ2v) is 6.03. The predicted molar refractivity (Wildman–Crippen MR) is 89.5 cm³/mol. The first-order chi connectivity index (χ1) is 10.0. The van der Waals surface area contributed by atoms with Crippen LogP contribution in [0.15, 0.2) is 34.8 Å². The van der Waals surface area contributed by atoms with Crippen LogP contribution >= 0.6 is 27.5 Å². The van der Waals surface area contributed by atoms with E-state index in [1.165, 1.54) is 0 Å². The molecule has 0 atom stereocenters. The van der Waals surface area contributed by atoms with E-state index in [-0.39, 0.29) is 0 Å². The van der Waals surface area contributed by atoms with Gasteiger partial charge in [0.1, 0.15) is 5.75 Å².